The van der Waals surface area contributed by atoms with Gasteiger partial charge in [0.05, 0.1) is 22.5 Å². The number of sulfone groups is 1. The van der Waals surface area contributed by atoms with E-state index in [4.69, 9.17) is 16.3 Å². The summed E-state index contributed by atoms with van der Waals surface area (Å²) in [5, 5.41) is 3.50. The van der Waals surface area contributed by atoms with E-state index in [1.807, 2.05) is 12.1 Å². The first-order valence-corrected chi connectivity index (χ1v) is 10.5. The minimum atomic E-state index is -3.56. The number of para-hydroxylation sites is 1. The third-order valence-corrected chi connectivity index (χ3v) is 6.54. The van der Waals surface area contributed by atoms with E-state index in [0.29, 0.717) is 21.4 Å². The van der Waals surface area contributed by atoms with Crippen LogP contribution in [0.4, 0.5) is 5.13 Å². The number of hydrogen-bond donors (Lipinski definition) is 1. The molecule has 0 spiro atoms. The number of hydrogen-bond acceptors (Lipinski definition) is 6. The summed E-state index contributed by atoms with van der Waals surface area (Å²) in [5.41, 5.74) is 0.657. The van der Waals surface area contributed by atoms with Crippen molar-refractivity contribution in [2.24, 2.45) is 0 Å². The number of benzene rings is 2. The summed E-state index contributed by atoms with van der Waals surface area (Å²) in [5.74, 6) is -0.0978. The Labute approximate surface area is 159 Å². The normalized spacial score (nSPS) is 11.5. The maximum absolute atomic E-state index is 12.3. The van der Waals surface area contributed by atoms with E-state index >= 15 is 0 Å². The average molecular weight is 411 g/mol. The van der Waals surface area contributed by atoms with Crippen LogP contribution in [0.3, 0.4) is 0 Å². The first-order chi connectivity index (χ1) is 12.4. The van der Waals surface area contributed by atoms with E-state index in [0.717, 1.165) is 4.70 Å². The monoisotopic (exact) mass is 410 g/mol. The highest BCUT2D eigenvalue weighted by Gasteiger charge is 2.17. The van der Waals surface area contributed by atoms with Gasteiger partial charge in [0, 0.05) is 11.4 Å². The molecule has 0 fully saturated rings. The lowest BCUT2D eigenvalue weighted by molar-refractivity contribution is -0.115. The number of ether oxygens (including phenoxy) is 1. The number of nitrogens with zero attached hydrogens (tertiary/aromatic N) is 1. The maximum atomic E-state index is 12.3. The van der Waals surface area contributed by atoms with Gasteiger partial charge in [0.15, 0.2) is 15.0 Å². The topological polar surface area (TPSA) is 85.4 Å². The van der Waals surface area contributed by atoms with Crippen molar-refractivity contribution in [3.05, 3.63) is 47.5 Å². The molecule has 6 nitrogen and oxygen atoms in total. The molecule has 0 aliphatic heterocycles. The highest BCUT2D eigenvalue weighted by molar-refractivity contribution is 7.91. The van der Waals surface area contributed by atoms with E-state index in [1.54, 1.807) is 13.2 Å². The molecule has 0 aliphatic carbocycles. The molecule has 1 aromatic heterocycles. The Balaban J connectivity index is 1.66. The lowest BCUT2D eigenvalue weighted by atomic mass is 10.3. The van der Waals surface area contributed by atoms with Crippen LogP contribution in [-0.2, 0) is 14.6 Å². The van der Waals surface area contributed by atoms with Gasteiger partial charge in [0.2, 0.25) is 5.91 Å². The van der Waals surface area contributed by atoms with Crippen LogP contribution in [0.1, 0.15) is 6.42 Å². The van der Waals surface area contributed by atoms with Gasteiger partial charge in [-0.3, -0.25) is 4.79 Å². The number of amides is 1. The van der Waals surface area contributed by atoms with E-state index in [2.05, 4.69) is 10.3 Å². The van der Waals surface area contributed by atoms with Gasteiger partial charge in [-0.25, -0.2) is 13.4 Å². The molecule has 26 heavy (non-hydrogen) atoms. The zero-order valence-electron chi connectivity index (χ0n) is 13.7. The number of thiazole rings is 1. The molecular formula is C17H15ClN2O4S2. The van der Waals surface area contributed by atoms with Crippen molar-refractivity contribution in [2.45, 2.75) is 11.3 Å². The molecule has 0 saturated heterocycles. The number of carbonyl (C=O) groups excluding carboxylic acids is 1. The smallest absolute Gasteiger partial charge is 0.227 e. The second kappa shape index (κ2) is 7.61. The van der Waals surface area contributed by atoms with Crippen LogP contribution in [0.2, 0.25) is 5.02 Å². The summed E-state index contributed by atoms with van der Waals surface area (Å²) < 4.78 is 30.7. The quantitative estimate of drug-likeness (QED) is 0.668. The molecule has 3 aromatic rings. The van der Waals surface area contributed by atoms with Crippen LogP contribution in [0.25, 0.3) is 10.2 Å². The van der Waals surface area contributed by atoms with Crippen LogP contribution in [0, 0.1) is 0 Å². The number of anilines is 1. The van der Waals surface area contributed by atoms with Gasteiger partial charge in [-0.1, -0.05) is 29.0 Å². The van der Waals surface area contributed by atoms with Gasteiger partial charge >= 0.3 is 0 Å². The number of aromatic nitrogens is 1. The highest BCUT2D eigenvalue weighted by Crippen LogP contribution is 2.32. The summed E-state index contributed by atoms with van der Waals surface area (Å²) in [7, 11) is -2.01. The van der Waals surface area contributed by atoms with Gasteiger partial charge in [0.25, 0.3) is 0 Å². The molecule has 3 rings (SSSR count). The molecule has 0 radical (unpaired) electrons. The Hall–Kier alpha value is -2.16. The first-order valence-electron chi connectivity index (χ1n) is 7.61. The van der Waals surface area contributed by atoms with Crippen molar-refractivity contribution in [3.8, 4) is 5.75 Å². The van der Waals surface area contributed by atoms with E-state index in [9.17, 15) is 13.2 Å². The van der Waals surface area contributed by atoms with Crippen LogP contribution < -0.4 is 10.1 Å². The van der Waals surface area contributed by atoms with Crippen molar-refractivity contribution in [2.75, 3.05) is 18.2 Å². The second-order valence-electron chi connectivity index (χ2n) is 5.40. The minimum Gasteiger partial charge on any atom is -0.494 e. The number of nitrogens with one attached hydrogen (secondary N) is 1. The number of carbonyl (C=O) groups is 1. The lowest BCUT2D eigenvalue weighted by Gasteiger charge is -2.05. The summed E-state index contributed by atoms with van der Waals surface area (Å²) >= 11 is 7.06. The molecule has 0 bridgehead atoms. The van der Waals surface area contributed by atoms with E-state index in [1.165, 1.54) is 35.6 Å². The fraction of sp³-hybridized carbons (Fsp3) is 0.176. The maximum Gasteiger partial charge on any atom is 0.227 e. The SMILES string of the molecule is COc1cccc2sc(NC(=O)CCS(=O)(=O)c3ccc(Cl)cc3)nc12. The summed E-state index contributed by atoms with van der Waals surface area (Å²) in [6, 6.07) is 11.4. The number of halogens is 1. The summed E-state index contributed by atoms with van der Waals surface area (Å²) in [4.78, 5) is 16.6. The highest BCUT2D eigenvalue weighted by atomic mass is 35.5. The molecule has 1 N–H and O–H groups in total. The molecule has 0 aliphatic rings. The van der Waals surface area contributed by atoms with E-state index in [-0.39, 0.29) is 17.1 Å². The Bertz CT molecular complexity index is 1050. The largest absolute Gasteiger partial charge is 0.494 e. The lowest BCUT2D eigenvalue weighted by Crippen LogP contribution is -2.17. The molecule has 1 amide bonds. The molecule has 0 atom stereocenters. The third kappa shape index (κ3) is 4.14. The zero-order valence-corrected chi connectivity index (χ0v) is 16.1. The molecule has 0 unspecified atom stereocenters. The molecule has 0 saturated carbocycles. The van der Waals surface area contributed by atoms with Gasteiger partial charge in [0.1, 0.15) is 11.3 Å². The van der Waals surface area contributed by atoms with Crippen molar-refractivity contribution < 1.29 is 17.9 Å². The average Bonchev–Trinajstić information content (AvgIpc) is 3.02. The molecule has 136 valence electrons. The first kappa shape index (κ1) is 18.6. The van der Waals surface area contributed by atoms with Gasteiger partial charge in [-0.05, 0) is 36.4 Å². The number of methoxy groups -OCH3 is 1. The Morgan fingerprint density at radius 1 is 1.23 bits per heavy atom. The van der Waals surface area contributed by atoms with Crippen molar-refractivity contribution in [1.29, 1.82) is 0 Å². The fourth-order valence-electron chi connectivity index (χ4n) is 2.31. The van der Waals surface area contributed by atoms with Crippen molar-refractivity contribution in [1.82, 2.24) is 4.98 Å². The molecule has 1 heterocycles. The Morgan fingerprint density at radius 2 is 1.96 bits per heavy atom. The van der Waals surface area contributed by atoms with Crippen LogP contribution >= 0.6 is 22.9 Å². The Kier molecular flexibility index (Phi) is 5.45. The number of fused-ring (bicyclic) bond motifs is 1. The van der Waals surface area contributed by atoms with Crippen LogP contribution in [0.5, 0.6) is 5.75 Å². The van der Waals surface area contributed by atoms with Crippen LogP contribution in [-0.4, -0.2) is 32.2 Å². The molecular weight excluding hydrogens is 396 g/mol. The van der Waals surface area contributed by atoms with Gasteiger partial charge in [-0.15, -0.1) is 0 Å². The van der Waals surface area contributed by atoms with E-state index < -0.39 is 15.7 Å². The summed E-state index contributed by atoms with van der Waals surface area (Å²) in [6.45, 7) is 0. The van der Waals surface area contributed by atoms with Crippen LogP contribution in [0.15, 0.2) is 47.4 Å². The number of rotatable bonds is 6. The molecule has 9 heteroatoms. The van der Waals surface area contributed by atoms with Crippen molar-refractivity contribution >= 4 is 54.0 Å². The fourth-order valence-corrected chi connectivity index (χ4v) is 4.58. The minimum absolute atomic E-state index is 0.138. The van der Waals surface area contributed by atoms with Gasteiger partial charge < -0.3 is 10.1 Å². The standard InChI is InChI=1S/C17H15ClN2O4S2/c1-24-13-3-2-4-14-16(13)20-17(25-14)19-15(21)9-10-26(22,23)12-7-5-11(18)6-8-12/h2-8H,9-10H2,1H3,(H,19,20,21). The van der Waals surface area contributed by atoms with Crippen molar-refractivity contribution in [3.63, 3.8) is 0 Å². The van der Waals surface area contributed by atoms with Gasteiger partial charge in [-0.2, -0.15) is 0 Å². The predicted molar refractivity (Wildman–Crippen MR) is 103 cm³/mol. The summed E-state index contributed by atoms with van der Waals surface area (Å²) in [6.07, 6.45) is -0.169. The Morgan fingerprint density at radius 3 is 2.65 bits per heavy atom. The predicted octanol–water partition coefficient (Wildman–Crippen LogP) is 3.76. The molecule has 2 aromatic carbocycles. The zero-order chi connectivity index (χ0) is 18.7. The second-order valence-corrected chi connectivity index (χ2v) is 8.97. The third-order valence-electron chi connectivity index (χ3n) is 3.62.